The number of fused-ring (bicyclic) bond motifs is 2. The number of carboxylic acid groups (broad SMARTS) is 1. The van der Waals surface area contributed by atoms with Gasteiger partial charge in [-0.3, -0.25) is 9.59 Å². The summed E-state index contributed by atoms with van der Waals surface area (Å²) < 4.78 is 6.32. The van der Waals surface area contributed by atoms with Crippen molar-refractivity contribution in [1.82, 2.24) is 9.88 Å². The van der Waals surface area contributed by atoms with E-state index in [0.717, 1.165) is 64.8 Å². The molecule has 9 heteroatoms. The molecule has 1 aromatic heterocycles. The molecule has 3 aromatic rings. The molecule has 2 bridgehead atoms. The average Bonchev–Trinajstić information content (AvgIpc) is 3.54. The number of carbonyl (C=O) groups is 2. The Morgan fingerprint density at radius 2 is 1.88 bits per heavy atom. The maximum absolute atomic E-state index is 12.7. The molecular formula is C31H37N3O5S. The van der Waals surface area contributed by atoms with Gasteiger partial charge in [-0.25, -0.2) is 4.98 Å². The number of amides is 1. The molecule has 1 aliphatic heterocycles. The van der Waals surface area contributed by atoms with Crippen LogP contribution in [0.15, 0.2) is 41.8 Å². The maximum Gasteiger partial charge on any atom is 0.307 e. The van der Waals surface area contributed by atoms with Crippen molar-refractivity contribution in [3.63, 3.8) is 0 Å². The van der Waals surface area contributed by atoms with Crippen LogP contribution in [0.2, 0.25) is 0 Å². The van der Waals surface area contributed by atoms with E-state index in [4.69, 9.17) is 14.8 Å². The van der Waals surface area contributed by atoms with Gasteiger partial charge in [-0.15, -0.1) is 11.3 Å². The first-order valence-electron chi connectivity index (χ1n) is 13.9. The van der Waals surface area contributed by atoms with Gasteiger partial charge < -0.3 is 24.7 Å². The fraction of sp³-hybridized carbons (Fsp3) is 0.452. The quantitative estimate of drug-likeness (QED) is 0.358. The molecule has 2 atom stereocenters. The Balaban J connectivity index is 1.29. The summed E-state index contributed by atoms with van der Waals surface area (Å²) in [4.78, 5) is 33.3. The molecule has 212 valence electrons. The van der Waals surface area contributed by atoms with E-state index in [9.17, 15) is 14.7 Å². The van der Waals surface area contributed by atoms with Gasteiger partial charge in [0.1, 0.15) is 12.4 Å². The van der Waals surface area contributed by atoms with Crippen molar-refractivity contribution in [2.45, 2.75) is 39.7 Å². The maximum atomic E-state index is 12.7. The Hall–Kier alpha value is -3.43. The number of hydrogen-bond donors (Lipinski definition) is 2. The fourth-order valence-electron chi connectivity index (χ4n) is 6.06. The van der Waals surface area contributed by atoms with Crippen LogP contribution >= 0.6 is 11.3 Å². The number of carbonyl (C=O) groups excluding carboxylic acids is 1. The molecule has 1 saturated carbocycles. The molecule has 40 heavy (non-hydrogen) atoms. The fourth-order valence-corrected chi connectivity index (χ4v) is 6.91. The molecular weight excluding hydrogens is 526 g/mol. The number of aliphatic hydroxyl groups excluding tert-OH is 1. The van der Waals surface area contributed by atoms with Crippen LogP contribution in [-0.2, 0) is 11.4 Å². The minimum atomic E-state index is -0.657. The van der Waals surface area contributed by atoms with Crippen LogP contribution in [0.1, 0.15) is 46.3 Å². The van der Waals surface area contributed by atoms with Gasteiger partial charge in [-0.05, 0) is 80.3 Å². The smallest absolute Gasteiger partial charge is 0.307 e. The number of aromatic nitrogens is 1. The first-order valence-corrected chi connectivity index (χ1v) is 14.8. The lowest BCUT2D eigenvalue weighted by molar-refractivity contribution is -0.144. The molecule has 0 radical (unpaired) electrons. The largest absolute Gasteiger partial charge is 0.488 e. The number of nitrogens with zero attached hydrogens (tertiary/aromatic N) is 3. The summed E-state index contributed by atoms with van der Waals surface area (Å²) in [5.41, 5.74) is 5.49. The van der Waals surface area contributed by atoms with E-state index in [1.54, 1.807) is 23.3 Å². The van der Waals surface area contributed by atoms with Gasteiger partial charge in [0.25, 0.3) is 5.91 Å². The van der Waals surface area contributed by atoms with E-state index >= 15 is 0 Å². The van der Waals surface area contributed by atoms with E-state index in [1.807, 2.05) is 44.2 Å². The predicted molar refractivity (Wildman–Crippen MR) is 156 cm³/mol. The zero-order valence-electron chi connectivity index (χ0n) is 23.3. The molecule has 5 rings (SSSR count). The van der Waals surface area contributed by atoms with Crippen molar-refractivity contribution in [3.8, 4) is 17.0 Å². The summed E-state index contributed by atoms with van der Waals surface area (Å²) in [6.45, 7) is 6.44. The first kappa shape index (κ1) is 28.1. The van der Waals surface area contributed by atoms with Gasteiger partial charge >= 0.3 is 5.97 Å². The zero-order valence-corrected chi connectivity index (χ0v) is 24.1. The molecule has 8 nitrogen and oxygen atoms in total. The van der Waals surface area contributed by atoms with E-state index in [0.29, 0.717) is 25.1 Å². The van der Waals surface area contributed by atoms with Crippen LogP contribution in [0.5, 0.6) is 5.75 Å². The van der Waals surface area contributed by atoms with Gasteiger partial charge in [-0.2, -0.15) is 0 Å². The normalized spacial score (nSPS) is 20.0. The molecule has 1 amide bonds. The number of aliphatic carboxylic acids is 1. The van der Waals surface area contributed by atoms with Crippen molar-refractivity contribution >= 4 is 28.3 Å². The molecule has 1 aliphatic carbocycles. The van der Waals surface area contributed by atoms with Crippen LogP contribution in [0.3, 0.4) is 0 Å². The van der Waals surface area contributed by atoms with Crippen molar-refractivity contribution in [2.24, 2.45) is 17.8 Å². The van der Waals surface area contributed by atoms with Crippen LogP contribution in [0.4, 0.5) is 5.13 Å². The van der Waals surface area contributed by atoms with Gasteiger partial charge in [0.15, 0.2) is 5.13 Å². The summed E-state index contributed by atoms with van der Waals surface area (Å²) in [7, 11) is 1.75. The summed E-state index contributed by atoms with van der Waals surface area (Å²) in [6, 6.07) is 11.7. The van der Waals surface area contributed by atoms with Crippen molar-refractivity contribution in [3.05, 3.63) is 64.0 Å². The highest BCUT2D eigenvalue weighted by atomic mass is 32.1. The Bertz CT molecular complexity index is 1380. The number of rotatable bonds is 10. The SMILES string of the molecule is Cc1ccc(OCc2ccc(C(=O)N(C)CCCO)cc2C)c(-c2csc(N3CC4CCC(C3)C4C(=O)O)n2)c1. The monoisotopic (exact) mass is 563 g/mol. The Morgan fingerprint density at radius 3 is 2.55 bits per heavy atom. The van der Waals surface area contributed by atoms with E-state index < -0.39 is 5.97 Å². The summed E-state index contributed by atoms with van der Waals surface area (Å²) >= 11 is 1.60. The second-order valence-corrected chi connectivity index (χ2v) is 12.0. The van der Waals surface area contributed by atoms with Gasteiger partial charge in [-0.1, -0.05) is 17.7 Å². The zero-order chi connectivity index (χ0) is 28.4. The van der Waals surface area contributed by atoms with Crippen molar-refractivity contribution in [2.75, 3.05) is 38.2 Å². The van der Waals surface area contributed by atoms with Gasteiger partial charge in [0.2, 0.25) is 0 Å². The number of aryl methyl sites for hydroxylation is 2. The third-order valence-electron chi connectivity index (χ3n) is 8.26. The van der Waals surface area contributed by atoms with Gasteiger partial charge in [0, 0.05) is 49.8 Å². The number of thiazole rings is 1. The molecule has 2 fully saturated rings. The standard InChI is InChI=1S/C31H37N3O5S/c1-19-5-10-27(39-17-24-9-6-21(14-20(24)2)29(36)33(3)11-4-12-35)25(13-19)26-18-40-31(32-26)34-15-22-7-8-23(16-34)28(22)30(37)38/h5-6,9-10,13-14,18,22-23,28,35H,4,7-8,11-12,15-17H2,1-3H3,(H,37,38). The van der Waals surface area contributed by atoms with Crippen molar-refractivity contribution in [1.29, 1.82) is 0 Å². The number of benzene rings is 2. The van der Waals surface area contributed by atoms with E-state index in [-0.39, 0.29) is 30.3 Å². The highest BCUT2D eigenvalue weighted by Crippen LogP contribution is 2.44. The number of anilines is 1. The highest BCUT2D eigenvalue weighted by Gasteiger charge is 2.46. The van der Waals surface area contributed by atoms with Crippen LogP contribution in [0, 0.1) is 31.6 Å². The second-order valence-electron chi connectivity index (χ2n) is 11.1. The lowest BCUT2D eigenvalue weighted by Crippen LogP contribution is -2.44. The number of aliphatic hydroxyl groups is 1. The third kappa shape index (κ3) is 5.86. The number of carboxylic acids is 1. The number of hydrogen-bond acceptors (Lipinski definition) is 7. The lowest BCUT2D eigenvalue weighted by atomic mass is 9.85. The molecule has 2 heterocycles. The molecule has 2 unspecified atom stereocenters. The lowest BCUT2D eigenvalue weighted by Gasteiger charge is -2.35. The summed E-state index contributed by atoms with van der Waals surface area (Å²) in [5.74, 6) is 0.171. The Labute approximate surface area is 239 Å². The van der Waals surface area contributed by atoms with E-state index in [1.165, 1.54) is 0 Å². The van der Waals surface area contributed by atoms with Gasteiger partial charge in [0.05, 0.1) is 11.6 Å². The van der Waals surface area contributed by atoms with Crippen LogP contribution in [0.25, 0.3) is 11.3 Å². The summed E-state index contributed by atoms with van der Waals surface area (Å²) in [5, 5.41) is 21.7. The first-order chi connectivity index (χ1) is 19.2. The molecule has 1 saturated heterocycles. The molecule has 2 aliphatic rings. The predicted octanol–water partition coefficient (Wildman–Crippen LogP) is 5.01. The minimum Gasteiger partial charge on any atom is -0.488 e. The molecule has 2 aromatic carbocycles. The topological polar surface area (TPSA) is 103 Å². The highest BCUT2D eigenvalue weighted by molar-refractivity contribution is 7.14. The van der Waals surface area contributed by atoms with E-state index in [2.05, 4.69) is 16.3 Å². The Kier molecular flexibility index (Phi) is 8.42. The third-order valence-corrected chi connectivity index (χ3v) is 9.16. The minimum absolute atomic E-state index is 0.0581. The van der Waals surface area contributed by atoms with Crippen LogP contribution in [-0.4, -0.2) is 65.3 Å². The number of ether oxygens (including phenoxy) is 1. The molecule has 2 N–H and O–H groups in total. The number of piperidine rings is 1. The average molecular weight is 564 g/mol. The van der Waals surface area contributed by atoms with Crippen molar-refractivity contribution < 1.29 is 24.5 Å². The summed E-state index contributed by atoms with van der Waals surface area (Å²) in [6.07, 6.45) is 2.50. The molecule has 0 spiro atoms. The second kappa shape index (κ2) is 12.0. The van der Waals surface area contributed by atoms with Crippen LogP contribution < -0.4 is 9.64 Å². The Morgan fingerprint density at radius 1 is 1.12 bits per heavy atom.